The lowest BCUT2D eigenvalue weighted by Crippen LogP contribution is -2.67. The van der Waals surface area contributed by atoms with Gasteiger partial charge in [0.1, 0.15) is 18.8 Å². The van der Waals surface area contributed by atoms with Crippen LogP contribution in [0.15, 0.2) is 5.11 Å². The number of nitrogens with zero attached hydrogens (tertiary/aromatic N) is 3. The normalized spacial score (nSPS) is 24.9. The molecule has 0 bridgehead atoms. The van der Waals surface area contributed by atoms with Crippen molar-refractivity contribution in [2.45, 2.75) is 64.4 Å². The summed E-state index contributed by atoms with van der Waals surface area (Å²) >= 11 is 0. The zero-order valence-electron chi connectivity index (χ0n) is 17.3. The predicted molar refractivity (Wildman–Crippen MR) is 94.2 cm³/mol. The smallest absolute Gasteiger partial charge is 0.401 e. The summed E-state index contributed by atoms with van der Waals surface area (Å²) in [6.07, 6.45) is -6.61. The Morgan fingerprint density at radius 1 is 0.969 bits per heavy atom. The number of hydrogen-bond acceptors (Lipinski definition) is 11. The molecule has 1 heterocycles. The van der Waals surface area contributed by atoms with E-state index in [4.69, 9.17) is 29.2 Å². The van der Waals surface area contributed by atoms with Crippen LogP contribution < -0.4 is 5.32 Å². The van der Waals surface area contributed by atoms with Crippen LogP contribution in [0.4, 0.5) is 8.78 Å². The Morgan fingerprint density at radius 3 is 1.97 bits per heavy atom. The van der Waals surface area contributed by atoms with Gasteiger partial charge in [-0.2, -0.15) is 8.78 Å². The second kappa shape index (κ2) is 11.2. The Labute approximate surface area is 179 Å². The number of azide groups is 1. The maximum atomic E-state index is 13.7. The van der Waals surface area contributed by atoms with Crippen LogP contribution in [0.2, 0.25) is 0 Å². The molecule has 16 heteroatoms. The lowest BCUT2D eigenvalue weighted by molar-refractivity contribution is -0.271. The first kappa shape index (κ1) is 26.5. The summed E-state index contributed by atoms with van der Waals surface area (Å²) in [6, 6.07) is -6.44. The molecule has 0 aliphatic carbocycles. The molecular formula is C16H20F2N4O10. The molecule has 0 spiro atoms. The van der Waals surface area contributed by atoms with Crippen LogP contribution in [0.3, 0.4) is 0 Å². The van der Waals surface area contributed by atoms with Crippen molar-refractivity contribution in [1.29, 1.82) is 0 Å². The first-order valence-corrected chi connectivity index (χ1v) is 8.84. The van der Waals surface area contributed by atoms with Gasteiger partial charge in [-0.3, -0.25) is 24.0 Å². The highest BCUT2D eigenvalue weighted by molar-refractivity contribution is 5.83. The van der Waals surface area contributed by atoms with Crippen LogP contribution >= 0.6 is 0 Å². The first-order chi connectivity index (χ1) is 14.8. The number of nitrogens with one attached hydrogen (secondary N) is 1. The Bertz CT molecular complexity index is 817. The number of carbonyl (C=O) groups is 5. The monoisotopic (exact) mass is 466 g/mol. The standard InChI is InChI=1S/C16H20F2N4O10/c1-6(23)28-5-10-12(29-7(2)24)13(30-8(3)25)11(14(32-10)31-9(4)26)20-15(27)16(17,18)21-22-19/h10-14H,5H2,1-4H3,(H,20,27)/t10?,11-,12+,13?,14?/m0/s1. The molecule has 1 saturated heterocycles. The molecule has 0 aromatic heterocycles. The molecule has 0 aromatic rings. The number of rotatable bonds is 8. The number of carbonyl (C=O) groups excluding carboxylic acids is 5. The molecular weight excluding hydrogens is 446 g/mol. The molecule has 178 valence electrons. The van der Waals surface area contributed by atoms with Gasteiger partial charge in [0.25, 0.3) is 5.91 Å². The summed E-state index contributed by atoms with van der Waals surface area (Å²) in [6.45, 7) is 3.29. The quantitative estimate of drug-likeness (QED) is 0.128. The molecule has 1 rings (SSSR count). The molecule has 5 atom stereocenters. The van der Waals surface area contributed by atoms with Gasteiger partial charge in [-0.1, -0.05) is 0 Å². The van der Waals surface area contributed by atoms with E-state index in [1.807, 2.05) is 4.91 Å². The summed E-state index contributed by atoms with van der Waals surface area (Å²) < 4.78 is 52.6. The van der Waals surface area contributed by atoms with E-state index in [0.29, 0.717) is 0 Å². The number of esters is 4. The van der Waals surface area contributed by atoms with Crippen molar-refractivity contribution in [3.63, 3.8) is 0 Å². The third-order valence-corrected chi connectivity index (χ3v) is 3.72. The summed E-state index contributed by atoms with van der Waals surface area (Å²) in [5, 5.41) is 3.77. The molecule has 0 radical (unpaired) electrons. The number of ether oxygens (including phenoxy) is 5. The zero-order valence-corrected chi connectivity index (χ0v) is 17.3. The van der Waals surface area contributed by atoms with Gasteiger partial charge in [0.05, 0.1) is 0 Å². The summed E-state index contributed by atoms with van der Waals surface area (Å²) in [5.41, 5.74) is 8.21. The number of alkyl halides is 2. The molecule has 1 N–H and O–H groups in total. The number of hydrogen-bond donors (Lipinski definition) is 1. The lowest BCUT2D eigenvalue weighted by atomic mass is 9.96. The summed E-state index contributed by atoms with van der Waals surface area (Å²) in [4.78, 5) is 59.7. The topological polar surface area (TPSA) is 192 Å². The van der Waals surface area contributed by atoms with Gasteiger partial charge >= 0.3 is 29.9 Å². The van der Waals surface area contributed by atoms with Gasteiger partial charge in [0, 0.05) is 32.6 Å². The third kappa shape index (κ3) is 7.63. The minimum absolute atomic E-state index is 0.585. The Morgan fingerprint density at radius 2 is 1.50 bits per heavy atom. The van der Waals surface area contributed by atoms with Crippen molar-refractivity contribution >= 4 is 29.8 Å². The molecule has 3 unspecified atom stereocenters. The molecule has 1 aliphatic rings. The third-order valence-electron chi connectivity index (χ3n) is 3.72. The summed E-state index contributed by atoms with van der Waals surface area (Å²) in [7, 11) is 0. The highest BCUT2D eigenvalue weighted by Gasteiger charge is 2.54. The second-order valence-electron chi connectivity index (χ2n) is 6.33. The van der Waals surface area contributed by atoms with Crippen LogP contribution in [0.1, 0.15) is 27.7 Å². The molecule has 0 aromatic carbocycles. The minimum atomic E-state index is -4.58. The second-order valence-corrected chi connectivity index (χ2v) is 6.33. The van der Waals surface area contributed by atoms with Crippen molar-refractivity contribution in [2.24, 2.45) is 5.11 Å². The van der Waals surface area contributed by atoms with Crippen molar-refractivity contribution in [1.82, 2.24) is 5.32 Å². The first-order valence-electron chi connectivity index (χ1n) is 8.84. The van der Waals surface area contributed by atoms with Crippen LogP contribution in [-0.2, 0) is 47.7 Å². The average Bonchev–Trinajstić information content (AvgIpc) is 2.63. The SMILES string of the molecule is CC(=O)OCC1OC(OC(C)=O)[C@@H](NC(=O)C(F)(F)N=[N+]=[N-])C(OC(C)=O)[C@@H]1OC(C)=O. The van der Waals surface area contributed by atoms with Gasteiger partial charge in [-0.25, -0.2) is 0 Å². The lowest BCUT2D eigenvalue weighted by Gasteiger charge is -2.44. The van der Waals surface area contributed by atoms with E-state index in [1.165, 1.54) is 0 Å². The van der Waals surface area contributed by atoms with E-state index in [9.17, 15) is 32.8 Å². The molecule has 1 fully saturated rings. The molecule has 32 heavy (non-hydrogen) atoms. The van der Waals surface area contributed by atoms with Crippen molar-refractivity contribution < 1.29 is 56.4 Å². The highest BCUT2D eigenvalue weighted by atomic mass is 19.3. The van der Waals surface area contributed by atoms with Gasteiger partial charge in [-0.15, -0.1) is 0 Å². The van der Waals surface area contributed by atoms with Crippen LogP contribution in [-0.4, -0.2) is 73.1 Å². The predicted octanol–water partition coefficient (Wildman–Crippen LogP) is 0.0888. The Balaban J connectivity index is 3.45. The fraction of sp³-hybridized carbons (Fsp3) is 0.688. The van der Waals surface area contributed by atoms with E-state index >= 15 is 0 Å². The largest absolute Gasteiger partial charge is 0.463 e. The zero-order chi connectivity index (χ0) is 24.6. The van der Waals surface area contributed by atoms with E-state index in [1.54, 1.807) is 5.32 Å². The van der Waals surface area contributed by atoms with Crippen molar-refractivity contribution in [3.8, 4) is 0 Å². The van der Waals surface area contributed by atoms with E-state index in [0.717, 1.165) is 27.7 Å². The van der Waals surface area contributed by atoms with Crippen molar-refractivity contribution in [3.05, 3.63) is 10.4 Å². The van der Waals surface area contributed by atoms with E-state index in [2.05, 4.69) is 5.11 Å². The number of amides is 1. The average molecular weight is 466 g/mol. The Kier molecular flexibility index (Phi) is 9.28. The van der Waals surface area contributed by atoms with Crippen LogP contribution in [0.25, 0.3) is 10.4 Å². The number of halogens is 2. The minimum Gasteiger partial charge on any atom is -0.463 e. The maximum Gasteiger partial charge on any atom is 0.401 e. The van der Waals surface area contributed by atoms with Crippen LogP contribution in [0.5, 0.6) is 0 Å². The molecule has 1 amide bonds. The van der Waals surface area contributed by atoms with E-state index in [-0.39, 0.29) is 0 Å². The maximum absolute atomic E-state index is 13.7. The summed E-state index contributed by atoms with van der Waals surface area (Å²) in [5.74, 6) is -5.84. The molecule has 14 nitrogen and oxygen atoms in total. The van der Waals surface area contributed by atoms with E-state index < -0.39 is 73.1 Å². The fourth-order valence-corrected chi connectivity index (χ4v) is 2.66. The van der Waals surface area contributed by atoms with Gasteiger partial charge in [-0.05, 0) is 10.6 Å². The van der Waals surface area contributed by atoms with Crippen LogP contribution in [0, 0.1) is 0 Å². The van der Waals surface area contributed by atoms with Gasteiger partial charge in [0.15, 0.2) is 12.2 Å². The van der Waals surface area contributed by atoms with Crippen molar-refractivity contribution in [2.75, 3.05) is 6.61 Å². The Hall–Kier alpha value is -3.52. The van der Waals surface area contributed by atoms with Gasteiger partial charge < -0.3 is 29.0 Å². The highest BCUT2D eigenvalue weighted by Crippen LogP contribution is 2.29. The molecule has 0 saturated carbocycles. The molecule has 1 aliphatic heterocycles. The fourth-order valence-electron chi connectivity index (χ4n) is 2.66. The van der Waals surface area contributed by atoms with Gasteiger partial charge in [0.2, 0.25) is 6.29 Å².